The number of hydrazine groups is 1. The molecule has 0 aromatic heterocycles. The van der Waals surface area contributed by atoms with Crippen LogP contribution in [0.5, 0.6) is 0 Å². The molecule has 1 aromatic rings. The highest BCUT2D eigenvalue weighted by molar-refractivity contribution is 6.29. The van der Waals surface area contributed by atoms with Gasteiger partial charge in [-0.05, 0) is 12.1 Å². The molecule has 0 aliphatic carbocycles. The van der Waals surface area contributed by atoms with Gasteiger partial charge in [-0.2, -0.15) is 0 Å². The smallest absolute Gasteiger partial charge is 0.142 e. The lowest BCUT2D eigenvalue weighted by Gasteiger charge is -2.25. The van der Waals surface area contributed by atoms with Crippen LogP contribution in [0.3, 0.4) is 0 Å². The molecule has 1 heterocycles. The predicted octanol–water partition coefficient (Wildman–Crippen LogP) is 2.44. The summed E-state index contributed by atoms with van der Waals surface area (Å²) in [6, 6.07) is 9.88. The summed E-state index contributed by atoms with van der Waals surface area (Å²) in [5.74, 6) is 0. The van der Waals surface area contributed by atoms with E-state index in [1.165, 1.54) is 0 Å². The Bertz CT molecular complexity index is 359. The number of hydrogen-bond acceptors (Lipinski definition) is 3. The number of nitrogens with one attached hydrogen (secondary N) is 1. The number of aliphatic imine (C=N–C) groups is 1. The van der Waals surface area contributed by atoms with Crippen molar-refractivity contribution >= 4 is 23.5 Å². The van der Waals surface area contributed by atoms with Crippen molar-refractivity contribution in [2.24, 2.45) is 4.99 Å². The van der Waals surface area contributed by atoms with Crippen LogP contribution in [-0.2, 0) is 0 Å². The molecule has 2 rings (SSSR count). The van der Waals surface area contributed by atoms with E-state index in [4.69, 9.17) is 11.6 Å². The lowest BCUT2D eigenvalue weighted by atomic mass is 10.3. The van der Waals surface area contributed by atoms with Crippen LogP contribution >= 0.6 is 11.6 Å². The first-order valence-electron chi connectivity index (χ1n) is 4.33. The Morgan fingerprint density at radius 3 is 2.79 bits per heavy atom. The van der Waals surface area contributed by atoms with Crippen LogP contribution < -0.4 is 5.43 Å². The highest BCUT2D eigenvalue weighted by atomic mass is 35.5. The van der Waals surface area contributed by atoms with Crippen LogP contribution in [0.2, 0.25) is 0 Å². The summed E-state index contributed by atoms with van der Waals surface area (Å²) in [5, 5.41) is 2.42. The van der Waals surface area contributed by atoms with Gasteiger partial charge in [0, 0.05) is 6.21 Å². The van der Waals surface area contributed by atoms with Gasteiger partial charge in [-0.25, -0.2) is 0 Å². The fraction of sp³-hybridized carbons (Fsp3) is 0.100. The molecule has 0 radical (unpaired) electrons. The van der Waals surface area contributed by atoms with Gasteiger partial charge in [-0.1, -0.05) is 29.8 Å². The monoisotopic (exact) mass is 207 g/mol. The van der Waals surface area contributed by atoms with Crippen molar-refractivity contribution in [3.05, 3.63) is 41.7 Å². The van der Waals surface area contributed by atoms with Gasteiger partial charge in [-0.15, -0.1) is 0 Å². The highest BCUT2D eigenvalue weighted by Crippen LogP contribution is 2.14. The Morgan fingerprint density at radius 1 is 1.29 bits per heavy atom. The van der Waals surface area contributed by atoms with Gasteiger partial charge >= 0.3 is 0 Å². The zero-order chi connectivity index (χ0) is 9.80. The van der Waals surface area contributed by atoms with E-state index in [-0.39, 0.29) is 0 Å². The average molecular weight is 208 g/mol. The van der Waals surface area contributed by atoms with Gasteiger partial charge in [0.05, 0.1) is 18.4 Å². The molecule has 0 saturated carbocycles. The summed E-state index contributed by atoms with van der Waals surface area (Å²) < 4.78 is 0. The van der Waals surface area contributed by atoms with Crippen molar-refractivity contribution in [1.29, 1.82) is 0 Å². The summed E-state index contributed by atoms with van der Waals surface area (Å²) >= 11 is 5.94. The van der Waals surface area contributed by atoms with Crippen LogP contribution in [0.25, 0.3) is 0 Å². The Balaban J connectivity index is 2.05. The van der Waals surface area contributed by atoms with Gasteiger partial charge in [0.25, 0.3) is 0 Å². The van der Waals surface area contributed by atoms with Crippen LogP contribution in [-0.4, -0.2) is 17.8 Å². The molecule has 0 atom stereocenters. The van der Waals surface area contributed by atoms with Crippen molar-refractivity contribution < 1.29 is 0 Å². The molecule has 1 N–H and O–H groups in total. The minimum Gasteiger partial charge on any atom is -0.297 e. The first kappa shape index (κ1) is 9.09. The second-order valence-corrected chi connectivity index (χ2v) is 3.26. The van der Waals surface area contributed by atoms with Gasteiger partial charge in [0.1, 0.15) is 5.16 Å². The van der Waals surface area contributed by atoms with E-state index in [0.29, 0.717) is 11.7 Å². The topological polar surface area (TPSA) is 27.6 Å². The fourth-order valence-corrected chi connectivity index (χ4v) is 1.34. The molecular formula is C10H10ClN3. The SMILES string of the molecule is ClC1=CN=CCN1Nc1ccccc1. The second-order valence-electron chi connectivity index (χ2n) is 2.87. The number of rotatable bonds is 2. The zero-order valence-corrected chi connectivity index (χ0v) is 8.28. The third-order valence-corrected chi connectivity index (χ3v) is 2.15. The number of nitrogens with zero attached hydrogens (tertiary/aromatic N) is 2. The molecule has 0 fully saturated rings. The predicted molar refractivity (Wildman–Crippen MR) is 59.2 cm³/mol. The maximum absolute atomic E-state index is 5.94. The van der Waals surface area contributed by atoms with Crippen LogP contribution in [0, 0.1) is 0 Å². The van der Waals surface area contributed by atoms with E-state index >= 15 is 0 Å². The van der Waals surface area contributed by atoms with Crippen molar-refractivity contribution in [3.63, 3.8) is 0 Å². The first-order chi connectivity index (χ1) is 6.86. The van der Waals surface area contributed by atoms with Gasteiger partial charge in [0.2, 0.25) is 0 Å². The number of anilines is 1. The average Bonchev–Trinajstić information content (AvgIpc) is 2.23. The van der Waals surface area contributed by atoms with Crippen molar-refractivity contribution in [2.75, 3.05) is 12.0 Å². The van der Waals surface area contributed by atoms with E-state index in [0.717, 1.165) is 5.69 Å². The molecule has 0 saturated heterocycles. The lowest BCUT2D eigenvalue weighted by Crippen LogP contribution is -2.30. The number of halogens is 1. The maximum Gasteiger partial charge on any atom is 0.142 e. The molecule has 14 heavy (non-hydrogen) atoms. The molecular weight excluding hydrogens is 198 g/mol. The lowest BCUT2D eigenvalue weighted by molar-refractivity contribution is 0.496. The fourth-order valence-electron chi connectivity index (χ4n) is 1.17. The maximum atomic E-state index is 5.94. The van der Waals surface area contributed by atoms with E-state index in [9.17, 15) is 0 Å². The van der Waals surface area contributed by atoms with Crippen molar-refractivity contribution in [1.82, 2.24) is 5.01 Å². The Hall–Kier alpha value is -1.48. The van der Waals surface area contributed by atoms with E-state index in [1.54, 1.807) is 12.4 Å². The Kier molecular flexibility index (Phi) is 2.70. The van der Waals surface area contributed by atoms with Gasteiger partial charge in [-0.3, -0.25) is 15.4 Å². The highest BCUT2D eigenvalue weighted by Gasteiger charge is 2.08. The molecule has 3 nitrogen and oxygen atoms in total. The summed E-state index contributed by atoms with van der Waals surface area (Å²) in [7, 11) is 0. The first-order valence-corrected chi connectivity index (χ1v) is 4.70. The minimum absolute atomic E-state index is 0.594. The molecule has 0 spiro atoms. The van der Waals surface area contributed by atoms with Crippen LogP contribution in [0.4, 0.5) is 5.69 Å². The molecule has 1 aromatic carbocycles. The number of benzene rings is 1. The molecule has 1 aliphatic heterocycles. The molecule has 4 heteroatoms. The molecule has 72 valence electrons. The van der Waals surface area contributed by atoms with Crippen LogP contribution in [0.1, 0.15) is 0 Å². The normalized spacial score (nSPS) is 15.2. The molecule has 0 bridgehead atoms. The van der Waals surface area contributed by atoms with Gasteiger partial charge < -0.3 is 0 Å². The summed E-state index contributed by atoms with van der Waals surface area (Å²) in [6.45, 7) is 0.671. The third kappa shape index (κ3) is 2.06. The summed E-state index contributed by atoms with van der Waals surface area (Å²) in [4.78, 5) is 3.95. The minimum atomic E-state index is 0.594. The van der Waals surface area contributed by atoms with Crippen molar-refractivity contribution in [3.8, 4) is 0 Å². The summed E-state index contributed by atoms with van der Waals surface area (Å²) in [6.07, 6.45) is 3.41. The van der Waals surface area contributed by atoms with Gasteiger partial charge in [0.15, 0.2) is 0 Å². The third-order valence-electron chi connectivity index (χ3n) is 1.85. The number of para-hydroxylation sites is 1. The quantitative estimate of drug-likeness (QED) is 0.755. The molecule has 1 aliphatic rings. The van der Waals surface area contributed by atoms with Crippen LogP contribution in [0.15, 0.2) is 46.7 Å². The Morgan fingerprint density at radius 2 is 2.07 bits per heavy atom. The van der Waals surface area contributed by atoms with Crippen molar-refractivity contribution in [2.45, 2.75) is 0 Å². The Labute approximate surface area is 87.7 Å². The van der Waals surface area contributed by atoms with E-state index in [1.807, 2.05) is 35.3 Å². The largest absolute Gasteiger partial charge is 0.297 e. The van der Waals surface area contributed by atoms with E-state index < -0.39 is 0 Å². The molecule has 0 unspecified atom stereocenters. The second kappa shape index (κ2) is 4.15. The van der Waals surface area contributed by atoms with E-state index in [2.05, 4.69) is 10.4 Å². The standard InChI is InChI=1S/C10H10ClN3/c11-10-8-12-6-7-14(10)13-9-4-2-1-3-5-9/h1-6,8,13H,7H2. The summed E-state index contributed by atoms with van der Waals surface area (Å²) in [5.41, 5.74) is 4.18. The number of hydrogen-bond donors (Lipinski definition) is 1. The molecule has 0 amide bonds. The zero-order valence-electron chi connectivity index (χ0n) is 7.52.